The number of amides is 1. The fourth-order valence-electron chi connectivity index (χ4n) is 3.44. The van der Waals surface area contributed by atoms with Gasteiger partial charge in [-0.05, 0) is 24.1 Å². The minimum Gasteiger partial charge on any atom is -0.480 e. The molecule has 200 valence electrons. The number of hydrogen-bond acceptors (Lipinski definition) is 8. The third-order valence-electron chi connectivity index (χ3n) is 5.27. The molecule has 0 spiro atoms. The maximum Gasteiger partial charge on any atom is 0.338 e. The van der Waals surface area contributed by atoms with Crippen LogP contribution in [0.1, 0.15) is 39.6 Å². The number of carboxylic acids is 2. The highest BCUT2D eigenvalue weighted by molar-refractivity contribution is 7.91. The summed E-state index contributed by atoms with van der Waals surface area (Å²) in [6.45, 7) is 1.64. The highest BCUT2D eigenvalue weighted by Crippen LogP contribution is 2.29. The number of carboxylic acid groups (broad SMARTS) is 2. The second kappa shape index (κ2) is 12.2. The van der Waals surface area contributed by atoms with Gasteiger partial charge in [0.15, 0.2) is 9.84 Å². The van der Waals surface area contributed by atoms with Gasteiger partial charge in [0.2, 0.25) is 0 Å². The van der Waals surface area contributed by atoms with E-state index in [0.717, 1.165) is 12.3 Å². The van der Waals surface area contributed by atoms with Crippen molar-refractivity contribution in [3.05, 3.63) is 75.7 Å². The number of rotatable bonds is 11. The van der Waals surface area contributed by atoms with Gasteiger partial charge < -0.3 is 20.8 Å². The predicted molar refractivity (Wildman–Crippen MR) is 141 cm³/mol. The van der Waals surface area contributed by atoms with E-state index in [4.69, 9.17) is 23.2 Å². The fourth-order valence-corrected chi connectivity index (χ4v) is 5.42. The van der Waals surface area contributed by atoms with Crippen molar-refractivity contribution in [2.75, 3.05) is 16.4 Å². The van der Waals surface area contributed by atoms with Crippen LogP contribution >= 0.6 is 23.2 Å². The lowest BCUT2D eigenvalue weighted by atomic mass is 10.0. The van der Waals surface area contributed by atoms with Crippen LogP contribution < -0.4 is 10.6 Å². The number of pyridine rings is 2. The molecule has 11 nitrogen and oxygen atoms in total. The van der Waals surface area contributed by atoms with Crippen LogP contribution in [0.4, 0.5) is 11.5 Å². The molecule has 1 atom stereocenters. The lowest BCUT2D eigenvalue weighted by Crippen LogP contribution is -2.32. The Morgan fingerprint density at radius 3 is 2.21 bits per heavy atom. The maximum atomic E-state index is 12.6. The van der Waals surface area contributed by atoms with Crippen LogP contribution in [-0.2, 0) is 21.1 Å². The standard InChI is InChI=1S/C24H22Cl2N4O7S/c1-2-7-38(36,37)19-9-20(28-10-15(19)23(32)33)29-18(24(34)35)8-13-3-5-14(6-4-13)22(31)30-21-16(25)11-27-12-17(21)26/h3-6,9-12,18H,2,7-8H2,1H3,(H,28,29)(H,32,33)(H,34,35)(H,27,30,31). The van der Waals surface area contributed by atoms with Crippen molar-refractivity contribution in [3.8, 4) is 0 Å². The van der Waals surface area contributed by atoms with Gasteiger partial charge in [0.25, 0.3) is 5.91 Å². The van der Waals surface area contributed by atoms with Crippen LogP contribution in [0.25, 0.3) is 0 Å². The topological polar surface area (TPSA) is 176 Å². The summed E-state index contributed by atoms with van der Waals surface area (Å²) < 4.78 is 25.1. The minimum absolute atomic E-state index is 0.0569. The van der Waals surface area contributed by atoms with Crippen molar-refractivity contribution in [1.82, 2.24) is 9.97 Å². The lowest BCUT2D eigenvalue weighted by Gasteiger charge is -2.17. The normalized spacial score (nSPS) is 12.0. The van der Waals surface area contributed by atoms with Gasteiger partial charge in [-0.25, -0.2) is 23.0 Å². The van der Waals surface area contributed by atoms with Crippen LogP contribution in [-0.4, -0.2) is 58.2 Å². The van der Waals surface area contributed by atoms with Crippen molar-refractivity contribution in [3.63, 3.8) is 0 Å². The number of aliphatic carboxylic acids is 1. The van der Waals surface area contributed by atoms with Crippen LogP contribution in [0.2, 0.25) is 10.0 Å². The summed E-state index contributed by atoms with van der Waals surface area (Å²) in [5, 5.41) is 24.6. The number of sulfone groups is 1. The number of nitrogens with zero attached hydrogens (tertiary/aromatic N) is 2. The first-order valence-corrected chi connectivity index (χ1v) is 13.5. The molecule has 2 heterocycles. The first-order valence-electron chi connectivity index (χ1n) is 11.1. The number of nitrogens with one attached hydrogen (secondary N) is 2. The highest BCUT2D eigenvalue weighted by atomic mass is 35.5. The summed E-state index contributed by atoms with van der Waals surface area (Å²) in [5.41, 5.74) is 0.505. The number of carbonyl (C=O) groups excluding carboxylic acids is 1. The zero-order valence-electron chi connectivity index (χ0n) is 19.8. The van der Waals surface area contributed by atoms with E-state index in [0.29, 0.717) is 5.56 Å². The first-order chi connectivity index (χ1) is 17.9. The van der Waals surface area contributed by atoms with E-state index in [9.17, 15) is 33.0 Å². The second-order valence-corrected chi connectivity index (χ2v) is 11.0. The molecule has 3 rings (SSSR count). The predicted octanol–water partition coefficient (Wildman–Crippen LogP) is 4.03. The van der Waals surface area contributed by atoms with Crippen molar-refractivity contribution in [1.29, 1.82) is 0 Å². The Kier molecular flexibility index (Phi) is 9.26. The van der Waals surface area contributed by atoms with Crippen molar-refractivity contribution in [2.24, 2.45) is 0 Å². The highest BCUT2D eigenvalue weighted by Gasteiger charge is 2.25. The number of aromatic carboxylic acids is 1. The molecular weight excluding hydrogens is 559 g/mol. The van der Waals surface area contributed by atoms with Crippen molar-refractivity contribution in [2.45, 2.75) is 30.7 Å². The largest absolute Gasteiger partial charge is 0.480 e. The van der Waals surface area contributed by atoms with Crippen molar-refractivity contribution < 1.29 is 33.0 Å². The number of benzene rings is 1. The van der Waals surface area contributed by atoms with Gasteiger partial charge in [0, 0.05) is 36.6 Å². The molecule has 0 fully saturated rings. The molecular formula is C24H22Cl2N4O7S. The Morgan fingerprint density at radius 2 is 1.66 bits per heavy atom. The van der Waals surface area contributed by atoms with Crippen LogP contribution in [0.15, 0.2) is 53.8 Å². The molecule has 0 aliphatic rings. The summed E-state index contributed by atoms with van der Waals surface area (Å²) in [4.78, 5) is 43.3. The van der Waals surface area contributed by atoms with Crippen LogP contribution in [0, 0.1) is 0 Å². The lowest BCUT2D eigenvalue weighted by molar-refractivity contribution is -0.137. The second-order valence-electron chi connectivity index (χ2n) is 8.06. The fraction of sp³-hybridized carbons (Fsp3) is 0.208. The van der Waals surface area contributed by atoms with E-state index in [1.165, 1.54) is 24.5 Å². The van der Waals surface area contributed by atoms with Gasteiger partial charge in [-0.1, -0.05) is 42.3 Å². The van der Waals surface area contributed by atoms with E-state index < -0.39 is 44.2 Å². The number of carbonyl (C=O) groups is 3. The Morgan fingerprint density at radius 1 is 1.03 bits per heavy atom. The third-order valence-corrected chi connectivity index (χ3v) is 7.80. The molecule has 0 radical (unpaired) electrons. The van der Waals surface area contributed by atoms with Crippen LogP contribution in [0.3, 0.4) is 0 Å². The SMILES string of the molecule is CCCS(=O)(=O)c1cc(NC(Cc2ccc(C(=O)Nc3c(Cl)cncc3Cl)cc2)C(=O)O)ncc1C(=O)O. The molecule has 0 aliphatic carbocycles. The molecule has 38 heavy (non-hydrogen) atoms. The van der Waals surface area contributed by atoms with E-state index in [1.807, 2.05) is 0 Å². The molecule has 0 saturated carbocycles. The molecule has 1 unspecified atom stereocenters. The number of hydrogen-bond donors (Lipinski definition) is 4. The van der Waals surface area contributed by atoms with Crippen LogP contribution in [0.5, 0.6) is 0 Å². The van der Waals surface area contributed by atoms with E-state index in [1.54, 1.807) is 19.1 Å². The molecule has 2 aromatic heterocycles. The van der Waals surface area contributed by atoms with Gasteiger partial charge >= 0.3 is 11.9 Å². The summed E-state index contributed by atoms with van der Waals surface area (Å²) in [6, 6.07) is 5.87. The smallest absolute Gasteiger partial charge is 0.338 e. The third kappa shape index (κ3) is 6.97. The van der Waals surface area contributed by atoms with Gasteiger partial charge in [-0.2, -0.15) is 0 Å². The quantitative estimate of drug-likeness (QED) is 0.259. The van der Waals surface area contributed by atoms with Gasteiger partial charge in [-0.15, -0.1) is 0 Å². The Hall–Kier alpha value is -3.74. The molecule has 0 saturated heterocycles. The van der Waals surface area contributed by atoms with Gasteiger partial charge in [0.1, 0.15) is 11.9 Å². The number of halogens is 2. The van der Waals surface area contributed by atoms with Gasteiger partial charge in [0.05, 0.1) is 31.9 Å². The molecule has 1 amide bonds. The summed E-state index contributed by atoms with van der Waals surface area (Å²) in [5.74, 6) is -3.61. The summed E-state index contributed by atoms with van der Waals surface area (Å²) in [7, 11) is -3.93. The van der Waals surface area contributed by atoms with Gasteiger partial charge in [-0.3, -0.25) is 9.78 Å². The zero-order valence-corrected chi connectivity index (χ0v) is 22.1. The number of aromatic nitrogens is 2. The maximum absolute atomic E-state index is 12.6. The first kappa shape index (κ1) is 28.8. The molecule has 14 heteroatoms. The Balaban J connectivity index is 1.78. The average molecular weight is 581 g/mol. The molecule has 0 aliphatic heterocycles. The number of anilines is 2. The zero-order chi connectivity index (χ0) is 28.0. The molecule has 3 aromatic rings. The van der Waals surface area contributed by atoms with E-state index >= 15 is 0 Å². The monoisotopic (exact) mass is 580 g/mol. The molecule has 4 N–H and O–H groups in total. The van der Waals surface area contributed by atoms with Crippen molar-refractivity contribution >= 4 is 62.4 Å². The Bertz CT molecular complexity index is 1460. The average Bonchev–Trinajstić information content (AvgIpc) is 2.86. The molecule has 1 aromatic carbocycles. The summed E-state index contributed by atoms with van der Waals surface area (Å²) >= 11 is 12.0. The Labute approximate surface area is 227 Å². The van der Waals surface area contributed by atoms with E-state index in [-0.39, 0.29) is 45.7 Å². The molecule has 0 bridgehead atoms. The minimum atomic E-state index is -3.93. The van der Waals surface area contributed by atoms with E-state index in [2.05, 4.69) is 20.6 Å². The summed E-state index contributed by atoms with van der Waals surface area (Å²) in [6.07, 6.45) is 3.75.